The maximum atomic E-state index is 11.8. The summed E-state index contributed by atoms with van der Waals surface area (Å²) in [5.41, 5.74) is 0. The highest BCUT2D eigenvalue weighted by molar-refractivity contribution is 7.11. The predicted molar refractivity (Wildman–Crippen MR) is 102 cm³/mol. The number of aromatic nitrogens is 1. The fourth-order valence-electron chi connectivity index (χ4n) is 2.98. The maximum absolute atomic E-state index is 11.8. The Morgan fingerprint density at radius 2 is 2.08 bits per heavy atom. The van der Waals surface area contributed by atoms with Gasteiger partial charge in [0.05, 0.1) is 19.1 Å². The molecule has 0 saturated heterocycles. The van der Waals surface area contributed by atoms with Gasteiger partial charge in [0, 0.05) is 23.7 Å². The van der Waals surface area contributed by atoms with Crippen molar-refractivity contribution in [3.63, 3.8) is 0 Å². The summed E-state index contributed by atoms with van der Waals surface area (Å²) in [6.45, 7) is 7.94. The van der Waals surface area contributed by atoms with E-state index in [0.717, 1.165) is 49.6 Å². The summed E-state index contributed by atoms with van der Waals surface area (Å²) in [6, 6.07) is 0.353. The summed E-state index contributed by atoms with van der Waals surface area (Å²) in [7, 11) is 0. The van der Waals surface area contributed by atoms with Crippen LogP contribution in [0.2, 0.25) is 0 Å². The van der Waals surface area contributed by atoms with Crippen molar-refractivity contribution in [3.05, 3.63) is 16.1 Å². The number of carbonyl (C=O) groups excluding carboxylic acids is 1. The van der Waals surface area contributed by atoms with Crippen LogP contribution < -0.4 is 10.6 Å². The summed E-state index contributed by atoms with van der Waals surface area (Å²) >= 11 is 1.72. The fraction of sp³-hybridized carbons (Fsp3) is 0.722. The average molecular weight is 367 g/mol. The monoisotopic (exact) mass is 366 g/mol. The molecule has 1 aliphatic carbocycles. The lowest BCUT2D eigenvalue weighted by Crippen LogP contribution is -2.45. The number of carbonyl (C=O) groups is 1. The van der Waals surface area contributed by atoms with Gasteiger partial charge in [-0.3, -0.25) is 4.79 Å². The number of nitrogens with one attached hydrogen (secondary N) is 2. The highest BCUT2D eigenvalue weighted by atomic mass is 32.1. The van der Waals surface area contributed by atoms with E-state index in [1.165, 1.54) is 4.88 Å². The molecule has 1 aromatic heterocycles. The summed E-state index contributed by atoms with van der Waals surface area (Å²) in [5, 5.41) is 7.84. The number of guanidine groups is 1. The van der Waals surface area contributed by atoms with Gasteiger partial charge in [0.2, 0.25) is 0 Å². The van der Waals surface area contributed by atoms with Crippen molar-refractivity contribution in [3.8, 4) is 0 Å². The summed E-state index contributed by atoms with van der Waals surface area (Å²) in [6.07, 6.45) is 6.64. The molecule has 0 aliphatic heterocycles. The van der Waals surface area contributed by atoms with Crippen LogP contribution in [-0.4, -0.2) is 36.1 Å². The van der Waals surface area contributed by atoms with Crippen LogP contribution in [0.1, 0.15) is 56.3 Å². The average Bonchev–Trinajstić information content (AvgIpc) is 3.09. The lowest BCUT2D eigenvalue weighted by molar-refractivity contribution is -0.149. The molecule has 1 aliphatic rings. The molecule has 0 bridgehead atoms. The summed E-state index contributed by atoms with van der Waals surface area (Å²) < 4.78 is 5.13. The number of ether oxygens (including phenoxy) is 1. The molecule has 0 unspecified atom stereocenters. The molecule has 0 radical (unpaired) electrons. The predicted octanol–water partition coefficient (Wildman–Crippen LogP) is 2.88. The van der Waals surface area contributed by atoms with Gasteiger partial charge >= 0.3 is 5.97 Å². The van der Waals surface area contributed by atoms with Gasteiger partial charge in [-0.15, -0.1) is 11.3 Å². The number of esters is 1. The van der Waals surface area contributed by atoms with Crippen molar-refractivity contribution in [2.75, 3.05) is 13.2 Å². The molecule has 25 heavy (non-hydrogen) atoms. The van der Waals surface area contributed by atoms with Crippen molar-refractivity contribution in [2.24, 2.45) is 10.9 Å². The maximum Gasteiger partial charge on any atom is 0.308 e. The molecule has 1 fully saturated rings. The Morgan fingerprint density at radius 1 is 1.32 bits per heavy atom. The zero-order valence-electron chi connectivity index (χ0n) is 15.5. The van der Waals surface area contributed by atoms with E-state index in [-0.39, 0.29) is 11.9 Å². The highest BCUT2D eigenvalue weighted by Gasteiger charge is 2.27. The van der Waals surface area contributed by atoms with Crippen molar-refractivity contribution in [2.45, 2.75) is 65.5 Å². The van der Waals surface area contributed by atoms with Gasteiger partial charge in [0.15, 0.2) is 5.96 Å². The van der Waals surface area contributed by atoms with E-state index in [1.807, 2.05) is 13.1 Å². The minimum atomic E-state index is -0.0444. The quantitative estimate of drug-likeness (QED) is 0.441. The van der Waals surface area contributed by atoms with E-state index >= 15 is 0 Å². The summed E-state index contributed by atoms with van der Waals surface area (Å²) in [5.74, 6) is 0.840. The minimum absolute atomic E-state index is 0.0444. The molecule has 0 atom stereocenters. The molecule has 1 saturated carbocycles. The first-order valence-electron chi connectivity index (χ1n) is 9.31. The molecular weight excluding hydrogens is 336 g/mol. The third kappa shape index (κ3) is 6.30. The van der Waals surface area contributed by atoms with Gasteiger partial charge < -0.3 is 15.4 Å². The molecule has 6 nitrogen and oxygen atoms in total. The van der Waals surface area contributed by atoms with Crippen LogP contribution in [0, 0.1) is 5.92 Å². The van der Waals surface area contributed by atoms with E-state index in [4.69, 9.17) is 4.74 Å². The van der Waals surface area contributed by atoms with Gasteiger partial charge in [0.1, 0.15) is 5.01 Å². The topological polar surface area (TPSA) is 75.6 Å². The number of rotatable bonds is 7. The minimum Gasteiger partial charge on any atom is -0.466 e. The van der Waals surface area contributed by atoms with Gasteiger partial charge in [-0.05, 0) is 46.0 Å². The fourth-order valence-corrected chi connectivity index (χ4v) is 3.77. The molecule has 0 amide bonds. The lowest BCUT2D eigenvalue weighted by Gasteiger charge is -2.29. The number of thiazole rings is 1. The molecule has 140 valence electrons. The van der Waals surface area contributed by atoms with E-state index in [9.17, 15) is 4.79 Å². The smallest absolute Gasteiger partial charge is 0.308 e. The van der Waals surface area contributed by atoms with E-state index in [1.54, 1.807) is 11.3 Å². The van der Waals surface area contributed by atoms with Crippen molar-refractivity contribution < 1.29 is 9.53 Å². The molecule has 1 heterocycles. The molecular formula is C18H30N4O2S. The molecule has 2 N–H and O–H groups in total. The molecule has 0 spiro atoms. The number of hydrogen-bond acceptors (Lipinski definition) is 5. The first-order chi connectivity index (χ1) is 12.2. The molecule has 0 aromatic carbocycles. The van der Waals surface area contributed by atoms with Crippen molar-refractivity contribution in [1.29, 1.82) is 0 Å². The largest absolute Gasteiger partial charge is 0.466 e. The van der Waals surface area contributed by atoms with Crippen LogP contribution in [0.15, 0.2) is 11.2 Å². The molecule has 1 aromatic rings. The van der Waals surface area contributed by atoms with Crippen LogP contribution in [0.5, 0.6) is 0 Å². The van der Waals surface area contributed by atoms with Crippen molar-refractivity contribution >= 4 is 23.3 Å². The second-order valence-corrected chi connectivity index (χ2v) is 7.41. The SMILES string of the molecule is CCNC(=NCc1ncc(CC)s1)NC1CCC(C(=O)OCC)CC1. The van der Waals surface area contributed by atoms with Crippen LogP contribution >= 0.6 is 11.3 Å². The van der Waals surface area contributed by atoms with Gasteiger partial charge in [-0.1, -0.05) is 6.92 Å². The summed E-state index contributed by atoms with van der Waals surface area (Å²) in [4.78, 5) is 22.2. The second-order valence-electron chi connectivity index (χ2n) is 6.21. The Labute approximate surface area is 154 Å². The van der Waals surface area contributed by atoms with Crippen LogP contribution in [-0.2, 0) is 22.5 Å². The normalized spacial score (nSPS) is 21.0. The van der Waals surface area contributed by atoms with Gasteiger partial charge in [-0.25, -0.2) is 9.98 Å². The zero-order valence-corrected chi connectivity index (χ0v) is 16.3. The Morgan fingerprint density at radius 3 is 2.68 bits per heavy atom. The number of hydrogen-bond donors (Lipinski definition) is 2. The number of aryl methyl sites for hydroxylation is 1. The Hall–Kier alpha value is -1.63. The van der Waals surface area contributed by atoms with E-state index < -0.39 is 0 Å². The molecule has 7 heteroatoms. The number of nitrogens with zero attached hydrogens (tertiary/aromatic N) is 2. The second kappa shape index (κ2) is 10.4. The van der Waals surface area contributed by atoms with Gasteiger partial charge in [-0.2, -0.15) is 0 Å². The first kappa shape index (κ1) is 19.7. The Bertz CT molecular complexity index is 565. The highest BCUT2D eigenvalue weighted by Crippen LogP contribution is 2.25. The van der Waals surface area contributed by atoms with Crippen LogP contribution in [0.3, 0.4) is 0 Å². The van der Waals surface area contributed by atoms with Gasteiger partial charge in [0.25, 0.3) is 0 Å². The third-order valence-corrected chi connectivity index (χ3v) is 5.48. The lowest BCUT2D eigenvalue weighted by atomic mass is 9.86. The Balaban J connectivity index is 1.84. The molecule has 2 rings (SSSR count). The Kier molecular flexibility index (Phi) is 8.18. The van der Waals surface area contributed by atoms with E-state index in [0.29, 0.717) is 19.2 Å². The van der Waals surface area contributed by atoms with Crippen LogP contribution in [0.4, 0.5) is 0 Å². The zero-order chi connectivity index (χ0) is 18.1. The first-order valence-corrected chi connectivity index (χ1v) is 10.1. The van der Waals surface area contributed by atoms with Crippen LogP contribution in [0.25, 0.3) is 0 Å². The third-order valence-electron chi connectivity index (χ3n) is 4.35. The number of aliphatic imine (C=N–C) groups is 1. The van der Waals surface area contributed by atoms with E-state index in [2.05, 4.69) is 34.5 Å². The standard InChI is InChI=1S/C18H30N4O2S/c1-4-15-11-20-16(25-15)12-21-18(19-5-2)22-14-9-7-13(8-10-14)17(23)24-6-3/h11,13-14H,4-10,12H2,1-3H3,(H2,19,21,22). The van der Waals surface area contributed by atoms with Crippen molar-refractivity contribution in [1.82, 2.24) is 15.6 Å².